The highest BCUT2D eigenvalue weighted by Gasteiger charge is 2.26. The molecular weight excluding hydrogens is 240 g/mol. The monoisotopic (exact) mass is 264 g/mol. The van der Waals surface area contributed by atoms with Crippen molar-refractivity contribution in [2.45, 2.75) is 32.4 Å². The van der Waals surface area contributed by atoms with Gasteiger partial charge in [0.15, 0.2) is 0 Å². The zero-order valence-electron chi connectivity index (χ0n) is 11.6. The summed E-state index contributed by atoms with van der Waals surface area (Å²) in [4.78, 5) is 2.43. The summed E-state index contributed by atoms with van der Waals surface area (Å²) in [6.45, 7) is 5.54. The van der Waals surface area contributed by atoms with E-state index in [1.54, 1.807) is 0 Å². The molecule has 1 heterocycles. The van der Waals surface area contributed by atoms with E-state index in [-0.39, 0.29) is 6.04 Å². The molecule has 0 bridgehead atoms. The third-order valence-corrected chi connectivity index (χ3v) is 5.07. The Kier molecular flexibility index (Phi) is 4.71. The highest BCUT2D eigenvalue weighted by molar-refractivity contribution is 7.99. The summed E-state index contributed by atoms with van der Waals surface area (Å²) in [5.41, 5.74) is 10.6. The van der Waals surface area contributed by atoms with Crippen molar-refractivity contribution in [3.05, 3.63) is 34.9 Å². The van der Waals surface area contributed by atoms with Gasteiger partial charge in [-0.15, -0.1) is 0 Å². The van der Waals surface area contributed by atoms with Crippen molar-refractivity contribution in [3.63, 3.8) is 0 Å². The first kappa shape index (κ1) is 13.9. The topological polar surface area (TPSA) is 29.3 Å². The molecule has 1 saturated heterocycles. The maximum absolute atomic E-state index is 6.45. The van der Waals surface area contributed by atoms with E-state index in [1.807, 2.05) is 11.8 Å². The van der Waals surface area contributed by atoms with Crippen LogP contribution < -0.4 is 5.73 Å². The van der Waals surface area contributed by atoms with Gasteiger partial charge in [-0.05, 0) is 44.0 Å². The van der Waals surface area contributed by atoms with Crippen LogP contribution in [0.15, 0.2) is 18.2 Å². The Morgan fingerprint density at radius 3 is 2.67 bits per heavy atom. The van der Waals surface area contributed by atoms with E-state index < -0.39 is 0 Å². The average Bonchev–Trinajstić information content (AvgIpc) is 2.34. The number of likely N-dealkylation sites (N-methyl/N-ethyl adjacent to an activating group) is 1. The molecule has 1 aromatic rings. The standard InChI is InChI=1S/C15H24N2S/c1-11-5-4-6-12(2)13(11)9-14(16)15-10-18-8-7-17(15)3/h4-6,14-15H,7-10,16H2,1-3H3. The van der Waals surface area contributed by atoms with Crippen molar-refractivity contribution >= 4 is 11.8 Å². The summed E-state index contributed by atoms with van der Waals surface area (Å²) >= 11 is 2.03. The number of hydrogen-bond donors (Lipinski definition) is 1. The van der Waals surface area contributed by atoms with Gasteiger partial charge in [0.05, 0.1) is 0 Å². The first-order valence-corrected chi connectivity index (χ1v) is 7.83. The van der Waals surface area contributed by atoms with E-state index in [2.05, 4.69) is 44.0 Å². The number of benzene rings is 1. The maximum atomic E-state index is 6.45. The minimum absolute atomic E-state index is 0.239. The summed E-state index contributed by atoms with van der Waals surface area (Å²) in [6, 6.07) is 7.26. The number of thioether (sulfide) groups is 1. The summed E-state index contributed by atoms with van der Waals surface area (Å²) in [5, 5.41) is 0. The lowest BCUT2D eigenvalue weighted by atomic mass is 9.93. The molecule has 100 valence electrons. The van der Waals surface area contributed by atoms with Crippen LogP contribution in [0, 0.1) is 13.8 Å². The predicted molar refractivity (Wildman–Crippen MR) is 81.3 cm³/mol. The second-order valence-corrected chi connectivity index (χ2v) is 6.51. The molecule has 1 aliphatic heterocycles. The van der Waals surface area contributed by atoms with Crippen LogP contribution in [-0.4, -0.2) is 42.1 Å². The molecule has 2 atom stereocenters. The summed E-state index contributed by atoms with van der Waals surface area (Å²) in [5.74, 6) is 2.41. The van der Waals surface area contributed by atoms with Crippen LogP contribution in [0.2, 0.25) is 0 Å². The van der Waals surface area contributed by atoms with Gasteiger partial charge in [0.1, 0.15) is 0 Å². The van der Waals surface area contributed by atoms with Gasteiger partial charge in [0, 0.05) is 30.1 Å². The number of aryl methyl sites for hydroxylation is 2. The van der Waals surface area contributed by atoms with Gasteiger partial charge >= 0.3 is 0 Å². The summed E-state index contributed by atoms with van der Waals surface area (Å²) in [6.07, 6.45) is 0.994. The normalized spacial score (nSPS) is 23.0. The molecule has 1 fully saturated rings. The van der Waals surface area contributed by atoms with Gasteiger partial charge in [-0.1, -0.05) is 18.2 Å². The smallest absolute Gasteiger partial charge is 0.0338 e. The van der Waals surface area contributed by atoms with Crippen LogP contribution in [0.5, 0.6) is 0 Å². The third kappa shape index (κ3) is 3.08. The molecule has 0 saturated carbocycles. The maximum Gasteiger partial charge on any atom is 0.0338 e. The molecule has 2 unspecified atom stereocenters. The Labute approximate surface area is 115 Å². The minimum atomic E-state index is 0.239. The van der Waals surface area contributed by atoms with Crippen molar-refractivity contribution in [1.82, 2.24) is 4.90 Å². The zero-order valence-corrected chi connectivity index (χ0v) is 12.5. The van der Waals surface area contributed by atoms with E-state index >= 15 is 0 Å². The minimum Gasteiger partial charge on any atom is -0.326 e. The number of rotatable bonds is 3. The van der Waals surface area contributed by atoms with Crippen LogP contribution in [-0.2, 0) is 6.42 Å². The first-order chi connectivity index (χ1) is 8.59. The zero-order chi connectivity index (χ0) is 13.1. The molecule has 0 aromatic heterocycles. The second-order valence-electron chi connectivity index (χ2n) is 5.36. The summed E-state index contributed by atoms with van der Waals surface area (Å²) < 4.78 is 0. The fraction of sp³-hybridized carbons (Fsp3) is 0.600. The van der Waals surface area contributed by atoms with Crippen LogP contribution in [0.3, 0.4) is 0 Å². The van der Waals surface area contributed by atoms with Crippen molar-refractivity contribution in [3.8, 4) is 0 Å². The molecule has 2 nitrogen and oxygen atoms in total. The van der Waals surface area contributed by atoms with Crippen molar-refractivity contribution in [1.29, 1.82) is 0 Å². The van der Waals surface area contributed by atoms with E-state index in [4.69, 9.17) is 5.73 Å². The molecule has 2 rings (SSSR count). The molecule has 0 amide bonds. The first-order valence-electron chi connectivity index (χ1n) is 6.68. The molecular formula is C15H24N2S. The Bertz CT molecular complexity index is 385. The number of nitrogens with two attached hydrogens (primary N) is 1. The van der Waals surface area contributed by atoms with E-state index in [9.17, 15) is 0 Å². The fourth-order valence-electron chi connectivity index (χ4n) is 2.70. The lowest BCUT2D eigenvalue weighted by molar-refractivity contribution is 0.235. The molecule has 2 N–H and O–H groups in total. The molecule has 0 spiro atoms. The van der Waals surface area contributed by atoms with Crippen molar-refractivity contribution in [2.24, 2.45) is 5.73 Å². The van der Waals surface area contributed by atoms with Gasteiger partial charge in [-0.3, -0.25) is 0 Å². The van der Waals surface area contributed by atoms with E-state index in [0.717, 1.165) is 13.0 Å². The lowest BCUT2D eigenvalue weighted by Gasteiger charge is -2.36. The quantitative estimate of drug-likeness (QED) is 0.908. The Hall–Kier alpha value is -0.510. The van der Waals surface area contributed by atoms with Gasteiger partial charge in [-0.2, -0.15) is 11.8 Å². The molecule has 1 aliphatic rings. The van der Waals surface area contributed by atoms with Crippen LogP contribution in [0.4, 0.5) is 0 Å². The average molecular weight is 264 g/mol. The Morgan fingerprint density at radius 1 is 1.39 bits per heavy atom. The van der Waals surface area contributed by atoms with Gasteiger partial charge < -0.3 is 10.6 Å². The highest BCUT2D eigenvalue weighted by Crippen LogP contribution is 2.21. The molecule has 18 heavy (non-hydrogen) atoms. The van der Waals surface area contributed by atoms with E-state index in [0.29, 0.717) is 6.04 Å². The summed E-state index contributed by atoms with van der Waals surface area (Å²) in [7, 11) is 2.20. The molecule has 3 heteroatoms. The van der Waals surface area contributed by atoms with Crippen LogP contribution in [0.25, 0.3) is 0 Å². The second kappa shape index (κ2) is 6.09. The van der Waals surface area contributed by atoms with Gasteiger partial charge in [0.2, 0.25) is 0 Å². The SMILES string of the molecule is Cc1cccc(C)c1CC(N)C1CSCCN1C. The molecule has 0 aliphatic carbocycles. The van der Waals surface area contributed by atoms with Gasteiger partial charge in [0.25, 0.3) is 0 Å². The largest absolute Gasteiger partial charge is 0.326 e. The molecule has 0 radical (unpaired) electrons. The van der Waals surface area contributed by atoms with Gasteiger partial charge in [-0.25, -0.2) is 0 Å². The highest BCUT2D eigenvalue weighted by atomic mass is 32.2. The Morgan fingerprint density at radius 2 is 2.06 bits per heavy atom. The predicted octanol–water partition coefficient (Wildman–Crippen LogP) is 2.22. The fourth-order valence-corrected chi connectivity index (χ4v) is 4.03. The lowest BCUT2D eigenvalue weighted by Crippen LogP contribution is -2.51. The third-order valence-electron chi connectivity index (χ3n) is 4.02. The van der Waals surface area contributed by atoms with Crippen LogP contribution in [0.1, 0.15) is 16.7 Å². The van der Waals surface area contributed by atoms with Crippen molar-refractivity contribution in [2.75, 3.05) is 25.1 Å². The van der Waals surface area contributed by atoms with Crippen molar-refractivity contribution < 1.29 is 0 Å². The van der Waals surface area contributed by atoms with E-state index in [1.165, 1.54) is 28.2 Å². The number of nitrogens with zero attached hydrogens (tertiary/aromatic N) is 1. The molecule has 1 aromatic carbocycles. The Balaban J connectivity index is 2.08. The number of hydrogen-bond acceptors (Lipinski definition) is 3. The van der Waals surface area contributed by atoms with Crippen LogP contribution >= 0.6 is 11.8 Å².